The summed E-state index contributed by atoms with van der Waals surface area (Å²) in [5.74, 6) is 0. The van der Waals surface area contributed by atoms with E-state index in [4.69, 9.17) is 23.2 Å². The molecule has 0 unspecified atom stereocenters. The predicted molar refractivity (Wildman–Crippen MR) is 84.0 cm³/mol. The van der Waals surface area contributed by atoms with Crippen molar-refractivity contribution in [1.82, 2.24) is 9.80 Å². The molecule has 0 N–H and O–H groups in total. The maximum atomic E-state index is 5.95. The van der Waals surface area contributed by atoms with E-state index < -0.39 is 0 Å². The molecule has 6 heteroatoms. The van der Waals surface area contributed by atoms with E-state index in [0.717, 1.165) is 0 Å². The van der Waals surface area contributed by atoms with Crippen LogP contribution >= 0.6 is 23.2 Å². The van der Waals surface area contributed by atoms with E-state index in [9.17, 15) is 0 Å². The number of rotatable bonds is 2. The zero-order valence-corrected chi connectivity index (χ0v) is 14.0. The van der Waals surface area contributed by atoms with E-state index in [1.165, 1.54) is 87.5 Å². The van der Waals surface area contributed by atoms with Gasteiger partial charge in [-0.25, -0.2) is 0 Å². The molecule has 3 fully saturated rings. The van der Waals surface area contributed by atoms with Crippen LogP contribution in [0.2, 0.25) is 0 Å². The minimum Gasteiger partial charge on any atom is -0.312 e. The molecule has 2 spiro atoms. The molecule has 0 aliphatic carbocycles. The van der Waals surface area contributed by atoms with Gasteiger partial charge in [-0.3, -0.25) is 9.80 Å². The van der Waals surface area contributed by atoms with Gasteiger partial charge in [0.2, 0.25) is 0 Å². The summed E-state index contributed by atoms with van der Waals surface area (Å²) in [7, 11) is 0. The van der Waals surface area contributed by atoms with E-state index in [-0.39, 0.29) is 0 Å². The molecule has 20 heavy (non-hydrogen) atoms. The fourth-order valence-electron chi connectivity index (χ4n) is 4.07. The van der Waals surface area contributed by atoms with Gasteiger partial charge in [-0.1, -0.05) is 0 Å². The first-order valence-corrected chi connectivity index (χ1v) is 9.03. The molecule has 0 bridgehead atoms. The first-order valence-electron chi connectivity index (χ1n) is 7.96. The zero-order chi connectivity index (χ0) is 14.1. The van der Waals surface area contributed by atoms with Crippen LogP contribution in [-0.2, 0) is 0 Å². The summed E-state index contributed by atoms with van der Waals surface area (Å²) in [6.45, 7) is 15.4. The second-order valence-electron chi connectivity index (χ2n) is 6.95. The summed E-state index contributed by atoms with van der Waals surface area (Å²) >= 11 is 11.9. The fourth-order valence-corrected chi connectivity index (χ4v) is 4.55. The number of hydrogen-bond acceptors (Lipinski definition) is 2. The lowest BCUT2D eigenvalue weighted by Crippen LogP contribution is -2.73. The molecule has 3 rings (SSSR count). The first kappa shape index (κ1) is 15.3. The summed E-state index contributed by atoms with van der Waals surface area (Å²) in [4.78, 5) is 4.76. The second kappa shape index (κ2) is 6.27. The summed E-state index contributed by atoms with van der Waals surface area (Å²) in [5, 5.41) is 0. The van der Waals surface area contributed by atoms with E-state index in [1.54, 1.807) is 0 Å². The SMILES string of the molecule is ClCN1CC[N+]2(CC1)CC[N+]1(CCN(CCl)CC1)CC2. The van der Waals surface area contributed by atoms with Crippen molar-refractivity contribution in [3.8, 4) is 0 Å². The van der Waals surface area contributed by atoms with Crippen molar-refractivity contribution in [3.05, 3.63) is 0 Å². The third-order valence-corrected chi connectivity index (χ3v) is 6.67. The molecule has 0 radical (unpaired) electrons. The van der Waals surface area contributed by atoms with Gasteiger partial charge >= 0.3 is 0 Å². The van der Waals surface area contributed by atoms with Gasteiger partial charge in [0, 0.05) is 26.2 Å². The number of nitrogens with zero attached hydrogens (tertiary/aromatic N) is 4. The quantitative estimate of drug-likeness (QED) is 0.418. The van der Waals surface area contributed by atoms with Gasteiger partial charge < -0.3 is 8.97 Å². The van der Waals surface area contributed by atoms with Crippen LogP contribution in [0, 0.1) is 0 Å². The lowest BCUT2D eigenvalue weighted by atomic mass is 10.1. The molecule has 0 atom stereocenters. The van der Waals surface area contributed by atoms with Gasteiger partial charge in [0.1, 0.15) is 26.2 Å². The predicted octanol–water partition coefficient (Wildman–Crippen LogP) is 0.657. The van der Waals surface area contributed by atoms with Crippen molar-refractivity contribution in [3.63, 3.8) is 0 Å². The number of piperazine rings is 3. The largest absolute Gasteiger partial charge is 0.312 e. The van der Waals surface area contributed by atoms with Gasteiger partial charge in [-0.15, -0.1) is 23.2 Å². The van der Waals surface area contributed by atoms with Gasteiger partial charge in [-0.05, 0) is 0 Å². The standard InChI is InChI=1S/C14H28Cl2N4/c15-13-17-1-5-19(6-2-17)9-11-20(12-10-19)7-3-18(14-16)4-8-20/h1-14H2/q+2. The Morgan fingerprint density at radius 1 is 0.550 bits per heavy atom. The van der Waals surface area contributed by atoms with Gasteiger partial charge in [-0.2, -0.15) is 0 Å². The molecule has 0 amide bonds. The lowest BCUT2D eigenvalue weighted by molar-refractivity contribution is -1.03. The van der Waals surface area contributed by atoms with E-state index in [1.807, 2.05) is 0 Å². The van der Waals surface area contributed by atoms with Crippen LogP contribution in [0.5, 0.6) is 0 Å². The Bertz CT molecular complexity index is 279. The molecular weight excluding hydrogens is 295 g/mol. The number of alkyl halides is 2. The van der Waals surface area contributed by atoms with Gasteiger partial charge in [0.05, 0.1) is 38.2 Å². The molecule has 0 aromatic heterocycles. The summed E-state index contributed by atoms with van der Waals surface area (Å²) in [5.41, 5.74) is 0. The smallest absolute Gasteiger partial charge is 0.129 e. The van der Waals surface area contributed by atoms with E-state index in [2.05, 4.69) is 9.80 Å². The number of halogens is 2. The highest BCUT2D eigenvalue weighted by Gasteiger charge is 2.44. The van der Waals surface area contributed by atoms with Gasteiger partial charge in [0.15, 0.2) is 0 Å². The average molecular weight is 323 g/mol. The first-order chi connectivity index (χ1) is 9.69. The van der Waals surface area contributed by atoms with Crippen molar-refractivity contribution in [1.29, 1.82) is 0 Å². The van der Waals surface area contributed by atoms with Crippen molar-refractivity contribution < 1.29 is 8.97 Å². The molecule has 0 aromatic carbocycles. The Hall–Kier alpha value is 0.420. The number of hydrogen-bond donors (Lipinski definition) is 0. The third kappa shape index (κ3) is 3.11. The molecule has 3 saturated heterocycles. The molecule has 3 heterocycles. The Balaban J connectivity index is 1.52. The fraction of sp³-hybridized carbons (Fsp3) is 1.00. The molecule has 0 saturated carbocycles. The van der Waals surface area contributed by atoms with Crippen molar-refractivity contribution in [2.75, 3.05) is 90.5 Å². The zero-order valence-electron chi connectivity index (χ0n) is 12.4. The van der Waals surface area contributed by atoms with Crippen LogP contribution in [0.15, 0.2) is 0 Å². The molecule has 116 valence electrons. The van der Waals surface area contributed by atoms with Crippen LogP contribution < -0.4 is 0 Å². The van der Waals surface area contributed by atoms with Crippen LogP contribution in [-0.4, -0.2) is 109 Å². The van der Waals surface area contributed by atoms with Crippen LogP contribution in [0.25, 0.3) is 0 Å². The molecule has 3 aliphatic heterocycles. The highest BCUT2D eigenvalue weighted by Crippen LogP contribution is 2.24. The Morgan fingerprint density at radius 2 is 0.850 bits per heavy atom. The van der Waals surface area contributed by atoms with Gasteiger partial charge in [0.25, 0.3) is 0 Å². The van der Waals surface area contributed by atoms with Crippen molar-refractivity contribution >= 4 is 23.2 Å². The van der Waals surface area contributed by atoms with E-state index >= 15 is 0 Å². The number of quaternary nitrogens is 2. The molecule has 3 aliphatic rings. The highest BCUT2D eigenvalue weighted by atomic mass is 35.5. The second-order valence-corrected chi connectivity index (χ2v) is 7.43. The maximum absolute atomic E-state index is 5.95. The normalized spacial score (nSPS) is 30.9. The Labute approximate surface area is 133 Å². The molecule has 0 aromatic rings. The lowest BCUT2D eigenvalue weighted by Gasteiger charge is -2.54. The average Bonchev–Trinajstić information content (AvgIpc) is 2.52. The highest BCUT2D eigenvalue weighted by molar-refractivity contribution is 6.17. The Morgan fingerprint density at radius 3 is 1.10 bits per heavy atom. The summed E-state index contributed by atoms with van der Waals surface area (Å²) in [6, 6.07) is 1.41. The topological polar surface area (TPSA) is 6.48 Å². The Kier molecular flexibility index (Phi) is 4.80. The minimum absolute atomic E-state index is 0.703. The minimum atomic E-state index is 0.703. The molecule has 4 nitrogen and oxygen atoms in total. The van der Waals surface area contributed by atoms with Crippen molar-refractivity contribution in [2.45, 2.75) is 0 Å². The van der Waals surface area contributed by atoms with Crippen LogP contribution in [0.4, 0.5) is 0 Å². The summed E-state index contributed by atoms with van der Waals surface area (Å²) < 4.78 is 2.71. The van der Waals surface area contributed by atoms with Crippen LogP contribution in [0.1, 0.15) is 0 Å². The third-order valence-electron chi connectivity index (χ3n) is 6.00. The maximum Gasteiger partial charge on any atom is 0.129 e. The van der Waals surface area contributed by atoms with Crippen molar-refractivity contribution in [2.24, 2.45) is 0 Å². The molecular formula is C14H28Cl2N4+2. The monoisotopic (exact) mass is 322 g/mol. The van der Waals surface area contributed by atoms with E-state index in [0.29, 0.717) is 12.0 Å². The van der Waals surface area contributed by atoms with Crippen LogP contribution in [0.3, 0.4) is 0 Å². The summed E-state index contributed by atoms with van der Waals surface area (Å²) in [6.07, 6.45) is 0.